The number of rotatable bonds is 8. The van der Waals surface area contributed by atoms with Gasteiger partial charge < -0.3 is 31.1 Å². The number of hydrogen-bond acceptors (Lipinski definition) is 8. The summed E-state index contributed by atoms with van der Waals surface area (Å²) in [6, 6.07) is 13.6. The quantitative estimate of drug-likeness (QED) is 0.361. The first-order chi connectivity index (χ1) is 20.3. The molecule has 2 aliphatic heterocycles. The second-order valence-electron chi connectivity index (χ2n) is 11.5. The molecule has 0 radical (unpaired) electrons. The number of aromatic nitrogens is 2. The minimum atomic E-state index is -0.652. The number of anilines is 4. The summed E-state index contributed by atoms with van der Waals surface area (Å²) < 4.78 is 0. The molecule has 3 fully saturated rings. The van der Waals surface area contributed by atoms with Crippen LogP contribution in [-0.4, -0.2) is 79.0 Å². The van der Waals surface area contributed by atoms with E-state index >= 15 is 0 Å². The SMILES string of the molecule is CN1CCN(c2ccc(Nc3nc(N4CCC[C@@H](NC(=O)c5ccc(C6CC6)c(Cl)c5)C4)cnc3C(N)=O)cc2)CC1. The van der Waals surface area contributed by atoms with Crippen molar-refractivity contribution >= 4 is 46.4 Å². The maximum Gasteiger partial charge on any atom is 0.271 e. The fourth-order valence-corrected chi connectivity index (χ4v) is 6.06. The Balaban J connectivity index is 1.13. The molecule has 42 heavy (non-hydrogen) atoms. The van der Waals surface area contributed by atoms with Gasteiger partial charge in [0, 0.05) is 67.3 Å². The van der Waals surface area contributed by atoms with Crippen LogP contribution >= 0.6 is 11.6 Å². The molecular formula is C31H37ClN8O2. The van der Waals surface area contributed by atoms with Crippen LogP contribution in [0.1, 0.15) is 58.0 Å². The van der Waals surface area contributed by atoms with Crippen molar-refractivity contribution in [3.05, 3.63) is 70.5 Å². The standard InChI is InChI=1S/C31H37ClN8O2/c1-38-13-15-39(16-14-38)24-9-7-22(8-10-24)35-30-28(29(33)41)34-18-27(37-30)40-12-2-3-23(19-40)36-31(42)21-6-11-25(20-4-5-20)26(32)17-21/h6-11,17-18,20,23H,2-5,12-16,19H2,1H3,(H2,33,41)(H,35,37)(H,36,42)/t23-/m1/s1. The van der Waals surface area contributed by atoms with Gasteiger partial charge in [-0.05, 0) is 80.6 Å². The monoisotopic (exact) mass is 588 g/mol. The van der Waals surface area contributed by atoms with Crippen LogP contribution in [-0.2, 0) is 0 Å². The number of piperazine rings is 1. The van der Waals surface area contributed by atoms with E-state index in [0.717, 1.165) is 75.3 Å². The van der Waals surface area contributed by atoms with Crippen molar-refractivity contribution in [3.63, 3.8) is 0 Å². The molecule has 10 nitrogen and oxygen atoms in total. The molecule has 1 atom stereocenters. The highest BCUT2D eigenvalue weighted by Crippen LogP contribution is 2.43. The van der Waals surface area contributed by atoms with Gasteiger partial charge in [-0.25, -0.2) is 9.97 Å². The first-order valence-corrected chi connectivity index (χ1v) is 15.0. The first-order valence-electron chi connectivity index (χ1n) is 14.7. The lowest BCUT2D eigenvalue weighted by molar-refractivity contribution is 0.0932. The summed E-state index contributed by atoms with van der Waals surface area (Å²) in [6.07, 6.45) is 5.62. The van der Waals surface area contributed by atoms with Gasteiger partial charge in [0.2, 0.25) is 0 Å². The summed E-state index contributed by atoms with van der Waals surface area (Å²) in [5.41, 5.74) is 9.36. The molecule has 4 N–H and O–H groups in total. The Bertz CT molecular complexity index is 1450. The number of amides is 2. The largest absolute Gasteiger partial charge is 0.369 e. The molecule has 2 aromatic carbocycles. The van der Waals surface area contributed by atoms with Crippen molar-refractivity contribution in [3.8, 4) is 0 Å². The number of primary amides is 1. The van der Waals surface area contributed by atoms with Crippen LogP contribution < -0.4 is 26.2 Å². The number of piperidine rings is 1. The predicted molar refractivity (Wildman–Crippen MR) is 166 cm³/mol. The van der Waals surface area contributed by atoms with E-state index in [1.165, 1.54) is 0 Å². The van der Waals surface area contributed by atoms with E-state index in [0.29, 0.717) is 34.7 Å². The van der Waals surface area contributed by atoms with Crippen LogP contribution in [0.4, 0.5) is 23.0 Å². The van der Waals surface area contributed by atoms with Crippen molar-refractivity contribution < 1.29 is 9.59 Å². The minimum absolute atomic E-state index is 0.0655. The Hall–Kier alpha value is -3.89. The average Bonchev–Trinajstić information content (AvgIpc) is 3.83. The van der Waals surface area contributed by atoms with E-state index < -0.39 is 5.91 Å². The predicted octanol–water partition coefficient (Wildman–Crippen LogP) is 4.00. The van der Waals surface area contributed by atoms with Gasteiger partial charge in [-0.1, -0.05) is 17.7 Å². The highest BCUT2D eigenvalue weighted by molar-refractivity contribution is 6.31. The Morgan fingerprint density at radius 1 is 0.976 bits per heavy atom. The molecule has 0 unspecified atom stereocenters. The zero-order chi connectivity index (χ0) is 29.2. The summed E-state index contributed by atoms with van der Waals surface area (Å²) >= 11 is 6.46. The number of carbonyl (C=O) groups is 2. The number of nitrogens with two attached hydrogens (primary N) is 1. The summed E-state index contributed by atoms with van der Waals surface area (Å²) in [5.74, 6) is 0.671. The smallest absolute Gasteiger partial charge is 0.271 e. The minimum Gasteiger partial charge on any atom is -0.369 e. The van der Waals surface area contributed by atoms with Gasteiger partial charge in [0.05, 0.1) is 6.20 Å². The molecule has 6 rings (SSSR count). The summed E-state index contributed by atoms with van der Waals surface area (Å²) in [7, 11) is 2.14. The highest BCUT2D eigenvalue weighted by atomic mass is 35.5. The molecule has 2 amide bonds. The van der Waals surface area contributed by atoms with Crippen molar-refractivity contribution in [2.75, 3.05) is 61.4 Å². The fraction of sp³-hybridized carbons (Fsp3) is 0.419. The number of hydrogen-bond donors (Lipinski definition) is 3. The molecule has 1 saturated carbocycles. The number of carbonyl (C=O) groups excluding carboxylic acids is 2. The second kappa shape index (κ2) is 12.1. The maximum atomic E-state index is 13.0. The fourth-order valence-electron chi connectivity index (χ4n) is 5.72. The third kappa shape index (κ3) is 6.44. The lowest BCUT2D eigenvalue weighted by atomic mass is 10.0. The number of nitrogens with zero attached hydrogens (tertiary/aromatic N) is 5. The van der Waals surface area contributed by atoms with Crippen molar-refractivity contribution in [2.45, 2.75) is 37.6 Å². The molecule has 220 valence electrons. The van der Waals surface area contributed by atoms with Crippen molar-refractivity contribution in [1.82, 2.24) is 20.2 Å². The van der Waals surface area contributed by atoms with E-state index in [1.54, 1.807) is 12.3 Å². The Morgan fingerprint density at radius 3 is 2.43 bits per heavy atom. The van der Waals surface area contributed by atoms with Crippen LogP contribution in [0.2, 0.25) is 5.02 Å². The van der Waals surface area contributed by atoms with Gasteiger partial charge in [0.25, 0.3) is 11.8 Å². The van der Waals surface area contributed by atoms with E-state index in [-0.39, 0.29) is 17.6 Å². The van der Waals surface area contributed by atoms with Gasteiger partial charge in [0.15, 0.2) is 11.5 Å². The van der Waals surface area contributed by atoms with Crippen LogP contribution in [0.15, 0.2) is 48.7 Å². The first kappa shape index (κ1) is 28.2. The summed E-state index contributed by atoms with van der Waals surface area (Å²) in [5, 5.41) is 7.07. The van der Waals surface area contributed by atoms with Crippen LogP contribution in [0, 0.1) is 0 Å². The maximum absolute atomic E-state index is 13.0. The molecule has 0 bridgehead atoms. The van der Waals surface area contributed by atoms with Gasteiger partial charge in [0.1, 0.15) is 5.82 Å². The normalized spacial score (nSPS) is 19.4. The molecule has 3 aliphatic rings. The number of halogens is 1. The van der Waals surface area contributed by atoms with Gasteiger partial charge >= 0.3 is 0 Å². The molecule has 11 heteroatoms. The molecular weight excluding hydrogens is 552 g/mol. The van der Waals surface area contributed by atoms with Crippen LogP contribution in [0.5, 0.6) is 0 Å². The second-order valence-corrected chi connectivity index (χ2v) is 11.9. The lowest BCUT2D eigenvalue weighted by Crippen LogP contribution is -2.48. The van der Waals surface area contributed by atoms with Gasteiger partial charge in [-0.2, -0.15) is 0 Å². The Morgan fingerprint density at radius 2 is 1.74 bits per heavy atom. The van der Waals surface area contributed by atoms with E-state index in [1.807, 2.05) is 24.3 Å². The van der Waals surface area contributed by atoms with E-state index in [2.05, 4.69) is 49.5 Å². The molecule has 3 aromatic rings. The van der Waals surface area contributed by atoms with E-state index in [4.69, 9.17) is 22.3 Å². The molecule has 0 spiro atoms. The van der Waals surface area contributed by atoms with E-state index in [9.17, 15) is 9.59 Å². The van der Waals surface area contributed by atoms with Crippen LogP contribution in [0.25, 0.3) is 0 Å². The topological polar surface area (TPSA) is 120 Å². The van der Waals surface area contributed by atoms with Gasteiger partial charge in [-0.15, -0.1) is 0 Å². The number of benzene rings is 2. The van der Waals surface area contributed by atoms with Crippen molar-refractivity contribution in [1.29, 1.82) is 0 Å². The molecule has 3 heterocycles. The Kier molecular flexibility index (Phi) is 8.17. The number of nitrogens with one attached hydrogen (secondary N) is 2. The molecule has 1 aromatic heterocycles. The summed E-state index contributed by atoms with van der Waals surface area (Å²) in [6.45, 7) is 5.38. The zero-order valence-corrected chi connectivity index (χ0v) is 24.6. The van der Waals surface area contributed by atoms with Gasteiger partial charge in [-0.3, -0.25) is 9.59 Å². The van der Waals surface area contributed by atoms with Crippen molar-refractivity contribution in [2.24, 2.45) is 5.73 Å². The average molecular weight is 589 g/mol. The zero-order valence-electron chi connectivity index (χ0n) is 23.9. The lowest BCUT2D eigenvalue weighted by Gasteiger charge is -2.34. The highest BCUT2D eigenvalue weighted by Gasteiger charge is 2.27. The molecule has 1 aliphatic carbocycles. The molecule has 2 saturated heterocycles. The Labute approximate surface area is 251 Å². The third-order valence-corrected chi connectivity index (χ3v) is 8.68. The third-order valence-electron chi connectivity index (χ3n) is 8.35. The summed E-state index contributed by atoms with van der Waals surface area (Å²) in [4.78, 5) is 41.1. The number of likely N-dealkylation sites (N-methyl/N-ethyl adjacent to an activating group) is 1. The van der Waals surface area contributed by atoms with Crippen LogP contribution in [0.3, 0.4) is 0 Å².